The molecule has 0 aliphatic rings. The van der Waals surface area contributed by atoms with Crippen LogP contribution in [0.3, 0.4) is 0 Å². The highest BCUT2D eigenvalue weighted by Gasteiger charge is 2.19. The normalized spacial score (nSPS) is 12.2. The molecule has 0 heterocycles. The lowest BCUT2D eigenvalue weighted by molar-refractivity contribution is 0.132. The van der Waals surface area contributed by atoms with Gasteiger partial charge in [0.2, 0.25) is 0 Å². The summed E-state index contributed by atoms with van der Waals surface area (Å²) in [6, 6.07) is 16.0. The second kappa shape index (κ2) is 9.20. The van der Waals surface area contributed by atoms with Crippen LogP contribution in [0.2, 0.25) is 0 Å². The average molecular weight is 373 g/mol. The molecule has 26 heavy (non-hydrogen) atoms. The van der Waals surface area contributed by atoms with Crippen molar-refractivity contribution in [2.24, 2.45) is 5.92 Å². The fourth-order valence-electron chi connectivity index (χ4n) is 2.50. The quantitative estimate of drug-likeness (QED) is 0.714. The molecular formula is C20H23NO4S. The van der Waals surface area contributed by atoms with Gasteiger partial charge in [-0.3, -0.25) is 0 Å². The largest absolute Gasteiger partial charge is 0.449 e. The van der Waals surface area contributed by atoms with Gasteiger partial charge in [0.15, 0.2) is 0 Å². The molecule has 2 rings (SSSR count). The number of benzene rings is 2. The Morgan fingerprint density at radius 1 is 1.15 bits per heavy atom. The van der Waals surface area contributed by atoms with Gasteiger partial charge >= 0.3 is 6.09 Å². The van der Waals surface area contributed by atoms with E-state index >= 15 is 0 Å². The second-order valence-electron chi connectivity index (χ2n) is 6.10. The van der Waals surface area contributed by atoms with Crippen LogP contribution >= 0.6 is 0 Å². The highest BCUT2D eigenvalue weighted by atomic mass is 32.2. The summed E-state index contributed by atoms with van der Waals surface area (Å²) in [7, 11) is -3.94. The van der Waals surface area contributed by atoms with E-state index < -0.39 is 16.1 Å². The highest BCUT2D eigenvalue weighted by molar-refractivity contribution is 7.90. The number of sulfonamides is 1. The zero-order valence-electron chi connectivity index (χ0n) is 14.7. The summed E-state index contributed by atoms with van der Waals surface area (Å²) in [6.45, 7) is 5.68. The van der Waals surface area contributed by atoms with Crippen molar-refractivity contribution in [2.75, 3.05) is 6.61 Å². The third-order valence-electron chi connectivity index (χ3n) is 3.87. The maximum atomic E-state index is 12.2. The molecule has 138 valence electrons. The predicted octanol–water partition coefficient (Wildman–Crippen LogP) is 3.84. The number of hydrogen-bond donors (Lipinski definition) is 1. The molecule has 0 bridgehead atoms. The SMILES string of the molecule is C=CCC(COC(=O)NS(=O)(=O)c1ccc(C)cc1)Cc1ccccc1. The number of nitrogens with one attached hydrogen (secondary N) is 1. The molecule has 0 fully saturated rings. The number of ether oxygens (including phenoxy) is 1. The summed E-state index contributed by atoms with van der Waals surface area (Å²) in [5.74, 6) is 0.0303. The monoisotopic (exact) mass is 373 g/mol. The second-order valence-corrected chi connectivity index (χ2v) is 7.78. The van der Waals surface area contributed by atoms with Crippen LogP contribution in [0.25, 0.3) is 0 Å². The van der Waals surface area contributed by atoms with Crippen molar-refractivity contribution in [2.45, 2.75) is 24.7 Å². The van der Waals surface area contributed by atoms with E-state index in [1.807, 2.05) is 42.0 Å². The summed E-state index contributed by atoms with van der Waals surface area (Å²) >= 11 is 0. The summed E-state index contributed by atoms with van der Waals surface area (Å²) < 4.78 is 31.4. The van der Waals surface area contributed by atoms with Gasteiger partial charge in [-0.05, 0) is 37.5 Å². The van der Waals surface area contributed by atoms with Crippen molar-refractivity contribution in [3.05, 3.63) is 78.4 Å². The number of aryl methyl sites for hydroxylation is 1. The van der Waals surface area contributed by atoms with Gasteiger partial charge in [-0.15, -0.1) is 6.58 Å². The summed E-state index contributed by atoms with van der Waals surface area (Å²) in [4.78, 5) is 11.9. The van der Waals surface area contributed by atoms with Gasteiger partial charge in [-0.25, -0.2) is 17.9 Å². The van der Waals surface area contributed by atoms with Crippen LogP contribution in [-0.2, 0) is 21.2 Å². The average Bonchev–Trinajstić information content (AvgIpc) is 2.61. The maximum Gasteiger partial charge on any atom is 0.421 e. The van der Waals surface area contributed by atoms with Crippen molar-refractivity contribution in [3.8, 4) is 0 Å². The smallest absolute Gasteiger partial charge is 0.421 e. The first-order valence-electron chi connectivity index (χ1n) is 8.32. The number of amides is 1. The molecule has 1 amide bonds. The lowest BCUT2D eigenvalue weighted by Crippen LogP contribution is -2.32. The van der Waals surface area contributed by atoms with Gasteiger partial charge in [0.05, 0.1) is 11.5 Å². The van der Waals surface area contributed by atoms with E-state index in [2.05, 4.69) is 6.58 Å². The van der Waals surface area contributed by atoms with E-state index in [0.717, 1.165) is 11.1 Å². The molecule has 2 aromatic rings. The molecular weight excluding hydrogens is 350 g/mol. The lowest BCUT2D eigenvalue weighted by atomic mass is 9.97. The molecule has 0 saturated carbocycles. The van der Waals surface area contributed by atoms with Gasteiger partial charge in [-0.2, -0.15) is 0 Å². The fourth-order valence-corrected chi connectivity index (χ4v) is 3.39. The van der Waals surface area contributed by atoms with Crippen molar-refractivity contribution >= 4 is 16.1 Å². The van der Waals surface area contributed by atoms with Crippen LogP contribution in [0.15, 0.2) is 72.1 Å². The minimum atomic E-state index is -3.94. The summed E-state index contributed by atoms with van der Waals surface area (Å²) in [5.41, 5.74) is 2.05. The molecule has 0 aliphatic heterocycles. The zero-order chi connectivity index (χ0) is 19.0. The Kier molecular flexibility index (Phi) is 6.97. The van der Waals surface area contributed by atoms with Crippen molar-refractivity contribution in [1.82, 2.24) is 4.72 Å². The van der Waals surface area contributed by atoms with Crippen LogP contribution < -0.4 is 4.72 Å². The van der Waals surface area contributed by atoms with Crippen molar-refractivity contribution in [3.63, 3.8) is 0 Å². The van der Waals surface area contributed by atoms with E-state index in [1.165, 1.54) is 12.1 Å². The summed E-state index contributed by atoms with van der Waals surface area (Å²) in [6.07, 6.45) is 2.16. The van der Waals surface area contributed by atoms with Crippen molar-refractivity contribution < 1.29 is 17.9 Å². The van der Waals surface area contributed by atoms with Gasteiger partial charge in [0.25, 0.3) is 10.0 Å². The first-order chi connectivity index (χ1) is 12.4. The number of rotatable bonds is 8. The van der Waals surface area contributed by atoms with Crippen LogP contribution in [0.1, 0.15) is 17.5 Å². The molecule has 1 atom stereocenters. The zero-order valence-corrected chi connectivity index (χ0v) is 15.5. The molecule has 0 radical (unpaired) electrons. The molecule has 5 nitrogen and oxygen atoms in total. The van der Waals surface area contributed by atoms with Crippen LogP contribution in [0, 0.1) is 12.8 Å². The molecule has 1 N–H and O–H groups in total. The molecule has 0 aliphatic carbocycles. The first-order valence-corrected chi connectivity index (χ1v) is 9.80. The minimum absolute atomic E-state index is 0.0203. The third kappa shape index (κ3) is 6.04. The van der Waals surface area contributed by atoms with E-state index in [4.69, 9.17) is 4.74 Å². The summed E-state index contributed by atoms with van der Waals surface area (Å²) in [5, 5.41) is 0. The van der Waals surface area contributed by atoms with Gasteiger partial charge < -0.3 is 4.74 Å². The van der Waals surface area contributed by atoms with E-state index in [1.54, 1.807) is 18.2 Å². The molecule has 6 heteroatoms. The third-order valence-corrected chi connectivity index (χ3v) is 5.19. The van der Waals surface area contributed by atoms with E-state index in [9.17, 15) is 13.2 Å². The van der Waals surface area contributed by atoms with Crippen LogP contribution in [-0.4, -0.2) is 21.1 Å². The molecule has 2 aromatic carbocycles. The molecule has 0 aromatic heterocycles. The molecule has 1 unspecified atom stereocenters. The van der Waals surface area contributed by atoms with Crippen molar-refractivity contribution in [1.29, 1.82) is 0 Å². The standard InChI is InChI=1S/C20H23NO4S/c1-3-7-18(14-17-8-5-4-6-9-17)15-25-20(22)21-26(23,24)19-12-10-16(2)11-13-19/h3-6,8-13,18H,1,7,14-15H2,2H3,(H,21,22). The number of allylic oxidation sites excluding steroid dienone is 1. The van der Waals surface area contributed by atoms with E-state index in [0.29, 0.717) is 12.8 Å². The topological polar surface area (TPSA) is 72.5 Å². The molecule has 0 saturated heterocycles. The Hall–Kier alpha value is -2.60. The van der Waals surface area contributed by atoms with Gasteiger partial charge in [0.1, 0.15) is 0 Å². The highest BCUT2D eigenvalue weighted by Crippen LogP contribution is 2.14. The van der Waals surface area contributed by atoms with E-state index in [-0.39, 0.29) is 17.4 Å². The number of carbonyl (C=O) groups excluding carboxylic acids is 1. The Morgan fingerprint density at radius 2 is 1.81 bits per heavy atom. The van der Waals surface area contributed by atoms with Crippen LogP contribution in [0.4, 0.5) is 4.79 Å². The number of carbonyl (C=O) groups is 1. The van der Waals surface area contributed by atoms with Gasteiger partial charge in [0, 0.05) is 5.92 Å². The van der Waals surface area contributed by atoms with Crippen LogP contribution in [0.5, 0.6) is 0 Å². The Balaban J connectivity index is 1.93. The lowest BCUT2D eigenvalue weighted by Gasteiger charge is -2.16. The maximum absolute atomic E-state index is 12.2. The predicted molar refractivity (Wildman–Crippen MR) is 101 cm³/mol. The Bertz CT molecular complexity index is 830. The first kappa shape index (κ1) is 19.7. The Morgan fingerprint density at radius 3 is 2.42 bits per heavy atom. The fraction of sp³-hybridized carbons (Fsp3) is 0.250. The number of hydrogen-bond acceptors (Lipinski definition) is 4. The van der Waals surface area contributed by atoms with Gasteiger partial charge in [-0.1, -0.05) is 54.1 Å². The molecule has 0 spiro atoms. The Labute approximate surface area is 154 Å². The minimum Gasteiger partial charge on any atom is -0.449 e.